The molecule has 0 aliphatic rings. The number of hydrogen-bond acceptors (Lipinski definition) is 6. The molecular formula is C16H23ClN4O3. The van der Waals surface area contributed by atoms with Crippen molar-refractivity contribution in [1.29, 1.82) is 0 Å². The van der Waals surface area contributed by atoms with E-state index in [1.54, 1.807) is 7.11 Å². The molecule has 1 aromatic heterocycles. The monoisotopic (exact) mass is 354 g/mol. The van der Waals surface area contributed by atoms with Gasteiger partial charge in [0.25, 0.3) is 0 Å². The average Bonchev–Trinajstić information content (AvgIpc) is 3.06. The van der Waals surface area contributed by atoms with Gasteiger partial charge in [-0.1, -0.05) is 5.16 Å². The summed E-state index contributed by atoms with van der Waals surface area (Å²) >= 11 is 0. The highest BCUT2D eigenvalue weighted by molar-refractivity contribution is 5.85. The van der Waals surface area contributed by atoms with Gasteiger partial charge in [0, 0.05) is 31.0 Å². The molecule has 1 atom stereocenters. The van der Waals surface area contributed by atoms with Gasteiger partial charge in [-0.25, -0.2) is 0 Å². The van der Waals surface area contributed by atoms with Gasteiger partial charge in [-0.3, -0.25) is 4.79 Å². The SMILES string of the molecule is CNC(C)CNC(=O)CCc1nc(-c2ccc(OC)cc2)no1.Cl. The molecule has 1 amide bonds. The first-order chi connectivity index (χ1) is 11.1. The van der Waals surface area contributed by atoms with Crippen LogP contribution in [0, 0.1) is 0 Å². The van der Waals surface area contributed by atoms with Crippen molar-refractivity contribution < 1.29 is 14.1 Å². The van der Waals surface area contributed by atoms with Gasteiger partial charge in [-0.2, -0.15) is 4.98 Å². The second-order valence-electron chi connectivity index (χ2n) is 5.23. The van der Waals surface area contributed by atoms with E-state index in [0.717, 1.165) is 11.3 Å². The lowest BCUT2D eigenvalue weighted by atomic mass is 10.2. The van der Waals surface area contributed by atoms with Gasteiger partial charge in [0.15, 0.2) is 0 Å². The smallest absolute Gasteiger partial charge is 0.227 e. The summed E-state index contributed by atoms with van der Waals surface area (Å²) in [5.74, 6) is 1.70. The van der Waals surface area contributed by atoms with Crippen molar-refractivity contribution in [3.63, 3.8) is 0 Å². The highest BCUT2D eigenvalue weighted by Gasteiger charge is 2.11. The summed E-state index contributed by atoms with van der Waals surface area (Å²) in [7, 11) is 3.47. The zero-order valence-electron chi connectivity index (χ0n) is 14.0. The number of hydrogen-bond donors (Lipinski definition) is 2. The average molecular weight is 355 g/mol. The predicted molar refractivity (Wildman–Crippen MR) is 93.4 cm³/mol. The van der Waals surface area contributed by atoms with E-state index in [0.29, 0.717) is 31.1 Å². The molecule has 0 aliphatic carbocycles. The minimum atomic E-state index is -0.0312. The largest absolute Gasteiger partial charge is 0.497 e. The highest BCUT2D eigenvalue weighted by Crippen LogP contribution is 2.19. The van der Waals surface area contributed by atoms with Crippen molar-refractivity contribution >= 4 is 18.3 Å². The Morgan fingerprint density at radius 3 is 2.67 bits per heavy atom. The Morgan fingerprint density at radius 2 is 2.04 bits per heavy atom. The van der Waals surface area contributed by atoms with Gasteiger partial charge in [-0.05, 0) is 38.2 Å². The number of nitrogens with one attached hydrogen (secondary N) is 2. The fraction of sp³-hybridized carbons (Fsp3) is 0.438. The topological polar surface area (TPSA) is 89.3 Å². The number of rotatable bonds is 8. The van der Waals surface area contributed by atoms with E-state index in [2.05, 4.69) is 20.8 Å². The molecule has 8 heteroatoms. The zero-order chi connectivity index (χ0) is 16.7. The molecule has 132 valence electrons. The van der Waals surface area contributed by atoms with Crippen LogP contribution in [-0.4, -0.2) is 42.8 Å². The summed E-state index contributed by atoms with van der Waals surface area (Å²) < 4.78 is 10.3. The molecule has 2 N–H and O–H groups in total. The first-order valence-electron chi connectivity index (χ1n) is 7.53. The number of benzene rings is 1. The van der Waals surface area contributed by atoms with Crippen LogP contribution in [0.3, 0.4) is 0 Å². The van der Waals surface area contributed by atoms with E-state index >= 15 is 0 Å². The van der Waals surface area contributed by atoms with Crippen LogP contribution < -0.4 is 15.4 Å². The number of aromatic nitrogens is 2. The molecule has 7 nitrogen and oxygen atoms in total. The Kier molecular flexibility index (Phi) is 8.21. The molecule has 0 radical (unpaired) electrons. The number of carbonyl (C=O) groups is 1. The lowest BCUT2D eigenvalue weighted by Gasteiger charge is -2.10. The molecule has 1 unspecified atom stereocenters. The predicted octanol–water partition coefficient (Wildman–Crippen LogP) is 1.82. The lowest BCUT2D eigenvalue weighted by Crippen LogP contribution is -2.37. The molecule has 0 saturated carbocycles. The molecule has 0 saturated heterocycles. The zero-order valence-corrected chi connectivity index (χ0v) is 14.9. The molecule has 0 aliphatic heterocycles. The maximum atomic E-state index is 11.7. The number of aryl methyl sites for hydroxylation is 1. The fourth-order valence-electron chi connectivity index (χ4n) is 1.89. The van der Waals surface area contributed by atoms with Gasteiger partial charge in [0.2, 0.25) is 17.6 Å². The molecule has 1 heterocycles. The van der Waals surface area contributed by atoms with Gasteiger partial charge >= 0.3 is 0 Å². The van der Waals surface area contributed by atoms with Gasteiger partial charge in [0.1, 0.15) is 5.75 Å². The standard InChI is InChI=1S/C16H22N4O3.ClH/c1-11(17-2)10-18-14(21)8-9-15-19-16(20-23-15)12-4-6-13(22-3)7-5-12;/h4-7,11,17H,8-10H2,1-3H3,(H,18,21);1H. The van der Waals surface area contributed by atoms with E-state index in [4.69, 9.17) is 9.26 Å². The summed E-state index contributed by atoms with van der Waals surface area (Å²) in [4.78, 5) is 16.0. The molecule has 2 aromatic rings. The third-order valence-corrected chi connectivity index (χ3v) is 3.48. The number of nitrogens with zero attached hydrogens (tertiary/aromatic N) is 2. The van der Waals surface area contributed by atoms with Crippen LogP contribution in [0.15, 0.2) is 28.8 Å². The summed E-state index contributed by atoms with van der Waals surface area (Å²) in [5, 5.41) is 9.85. The summed E-state index contributed by atoms with van der Waals surface area (Å²) in [6.07, 6.45) is 0.740. The van der Waals surface area contributed by atoms with E-state index < -0.39 is 0 Å². The number of likely N-dealkylation sites (N-methyl/N-ethyl adjacent to an activating group) is 1. The minimum absolute atomic E-state index is 0. The molecule has 2 rings (SSSR count). The van der Waals surface area contributed by atoms with Crippen LogP contribution in [0.25, 0.3) is 11.4 Å². The van der Waals surface area contributed by atoms with Crippen molar-refractivity contribution in [3.8, 4) is 17.1 Å². The Morgan fingerprint density at radius 1 is 1.33 bits per heavy atom. The van der Waals surface area contributed by atoms with Gasteiger partial charge in [-0.15, -0.1) is 12.4 Å². The van der Waals surface area contributed by atoms with Crippen molar-refractivity contribution in [3.05, 3.63) is 30.2 Å². The Bertz CT molecular complexity index is 631. The van der Waals surface area contributed by atoms with Crippen LogP contribution >= 0.6 is 12.4 Å². The second kappa shape index (κ2) is 9.89. The normalized spacial score (nSPS) is 11.5. The fourth-order valence-corrected chi connectivity index (χ4v) is 1.89. The number of ether oxygens (including phenoxy) is 1. The van der Waals surface area contributed by atoms with Crippen molar-refractivity contribution in [2.45, 2.75) is 25.8 Å². The number of amides is 1. The van der Waals surface area contributed by atoms with Crippen LogP contribution in [0.4, 0.5) is 0 Å². The van der Waals surface area contributed by atoms with E-state index in [9.17, 15) is 4.79 Å². The molecule has 24 heavy (non-hydrogen) atoms. The number of halogens is 1. The third-order valence-electron chi connectivity index (χ3n) is 3.48. The summed E-state index contributed by atoms with van der Waals surface area (Å²) in [6, 6.07) is 7.63. The van der Waals surface area contributed by atoms with Crippen molar-refractivity contribution in [1.82, 2.24) is 20.8 Å². The summed E-state index contributed by atoms with van der Waals surface area (Å²) in [5.41, 5.74) is 0.841. The van der Waals surface area contributed by atoms with E-state index in [1.165, 1.54) is 0 Å². The van der Waals surface area contributed by atoms with Crippen molar-refractivity contribution in [2.24, 2.45) is 0 Å². The maximum Gasteiger partial charge on any atom is 0.227 e. The highest BCUT2D eigenvalue weighted by atomic mass is 35.5. The van der Waals surface area contributed by atoms with Gasteiger partial charge < -0.3 is 19.9 Å². The molecular weight excluding hydrogens is 332 g/mol. The second-order valence-corrected chi connectivity index (χ2v) is 5.23. The summed E-state index contributed by atoms with van der Waals surface area (Å²) in [6.45, 7) is 2.59. The number of carbonyl (C=O) groups excluding carboxylic acids is 1. The third kappa shape index (κ3) is 5.82. The van der Waals surface area contributed by atoms with Crippen LogP contribution in [-0.2, 0) is 11.2 Å². The molecule has 0 bridgehead atoms. The van der Waals surface area contributed by atoms with Crippen LogP contribution in [0.5, 0.6) is 5.75 Å². The Hall–Kier alpha value is -2.12. The first kappa shape index (κ1) is 19.9. The first-order valence-corrected chi connectivity index (χ1v) is 7.53. The van der Waals surface area contributed by atoms with Crippen LogP contribution in [0.1, 0.15) is 19.2 Å². The molecule has 1 aromatic carbocycles. The number of methoxy groups -OCH3 is 1. The molecule has 0 fully saturated rings. The maximum absolute atomic E-state index is 11.7. The van der Waals surface area contributed by atoms with E-state index in [1.807, 2.05) is 38.2 Å². The minimum Gasteiger partial charge on any atom is -0.497 e. The van der Waals surface area contributed by atoms with Crippen LogP contribution in [0.2, 0.25) is 0 Å². The quantitative estimate of drug-likeness (QED) is 0.751. The van der Waals surface area contributed by atoms with Gasteiger partial charge in [0.05, 0.1) is 7.11 Å². The lowest BCUT2D eigenvalue weighted by molar-refractivity contribution is -0.121. The van der Waals surface area contributed by atoms with E-state index in [-0.39, 0.29) is 24.4 Å². The Labute approximate surface area is 147 Å². The Balaban J connectivity index is 0.00000288. The van der Waals surface area contributed by atoms with Crippen molar-refractivity contribution in [2.75, 3.05) is 20.7 Å². The molecule has 0 spiro atoms.